The average molecular weight is 469 g/mol. The summed E-state index contributed by atoms with van der Waals surface area (Å²) < 4.78 is 45.1. The van der Waals surface area contributed by atoms with Gasteiger partial charge in [-0.1, -0.05) is 15.9 Å². The van der Waals surface area contributed by atoms with Gasteiger partial charge in [0.15, 0.2) is 12.4 Å². The standard InChI is InChI=1S/C19H12BrF3N2O4/c20-13-3-6-16(29-10-17(26)27)15(7-13)18(28)11-8-24-25(9-11)14-4-1-12(2-5-14)19(21,22)23/h1-9H,10H2,(H,26,27). The quantitative estimate of drug-likeness (QED) is 0.544. The van der Waals surface area contributed by atoms with Crippen LogP contribution in [0.25, 0.3) is 5.69 Å². The maximum absolute atomic E-state index is 12.8. The van der Waals surface area contributed by atoms with Crippen LogP contribution < -0.4 is 4.74 Å². The van der Waals surface area contributed by atoms with E-state index in [0.29, 0.717) is 10.2 Å². The monoisotopic (exact) mass is 468 g/mol. The number of hydrogen-bond acceptors (Lipinski definition) is 4. The largest absolute Gasteiger partial charge is 0.481 e. The first-order valence-corrected chi connectivity index (χ1v) is 8.85. The highest BCUT2D eigenvalue weighted by molar-refractivity contribution is 9.10. The summed E-state index contributed by atoms with van der Waals surface area (Å²) >= 11 is 3.25. The van der Waals surface area contributed by atoms with E-state index < -0.39 is 30.1 Å². The predicted octanol–water partition coefficient (Wildman–Crippen LogP) is 4.35. The van der Waals surface area contributed by atoms with Gasteiger partial charge in [-0.05, 0) is 42.5 Å². The van der Waals surface area contributed by atoms with Crippen LogP contribution >= 0.6 is 15.9 Å². The fourth-order valence-electron chi connectivity index (χ4n) is 2.48. The highest BCUT2D eigenvalue weighted by Gasteiger charge is 2.30. The number of alkyl halides is 3. The van der Waals surface area contributed by atoms with Gasteiger partial charge in [0.1, 0.15) is 5.75 Å². The smallest absolute Gasteiger partial charge is 0.416 e. The summed E-state index contributed by atoms with van der Waals surface area (Å²) in [5.74, 6) is -1.59. The number of benzene rings is 2. The van der Waals surface area contributed by atoms with Crippen LogP contribution in [-0.4, -0.2) is 33.2 Å². The third-order valence-corrected chi connectivity index (χ3v) is 4.33. The number of aliphatic carboxylic acids is 1. The van der Waals surface area contributed by atoms with Gasteiger partial charge < -0.3 is 9.84 Å². The molecular weight excluding hydrogens is 457 g/mol. The van der Waals surface area contributed by atoms with Crippen molar-refractivity contribution in [1.29, 1.82) is 0 Å². The number of rotatable bonds is 6. The van der Waals surface area contributed by atoms with Gasteiger partial charge in [-0.3, -0.25) is 4.79 Å². The zero-order valence-electron chi connectivity index (χ0n) is 14.5. The Balaban J connectivity index is 1.88. The first-order chi connectivity index (χ1) is 13.6. The van der Waals surface area contributed by atoms with E-state index in [2.05, 4.69) is 21.0 Å². The molecule has 0 bridgehead atoms. The van der Waals surface area contributed by atoms with Crippen LogP contribution in [0, 0.1) is 0 Å². The van der Waals surface area contributed by atoms with E-state index >= 15 is 0 Å². The van der Waals surface area contributed by atoms with Gasteiger partial charge in [-0.2, -0.15) is 18.3 Å². The number of carbonyl (C=O) groups excluding carboxylic acids is 1. The van der Waals surface area contributed by atoms with Crippen molar-refractivity contribution in [3.05, 3.63) is 76.0 Å². The SMILES string of the molecule is O=C(O)COc1ccc(Br)cc1C(=O)c1cnn(-c2ccc(C(F)(F)F)cc2)c1. The molecule has 1 N–H and O–H groups in total. The van der Waals surface area contributed by atoms with E-state index in [1.54, 1.807) is 6.07 Å². The first kappa shape index (κ1) is 20.6. The molecule has 0 amide bonds. The molecule has 0 radical (unpaired) electrons. The number of carbonyl (C=O) groups is 2. The summed E-state index contributed by atoms with van der Waals surface area (Å²) in [5.41, 5.74) is -0.177. The van der Waals surface area contributed by atoms with Crippen molar-refractivity contribution in [2.45, 2.75) is 6.18 Å². The van der Waals surface area contributed by atoms with Crippen LogP contribution in [0.1, 0.15) is 21.5 Å². The Kier molecular flexibility index (Phi) is 5.73. The van der Waals surface area contributed by atoms with Crippen LogP contribution in [-0.2, 0) is 11.0 Å². The molecule has 6 nitrogen and oxygen atoms in total. The Morgan fingerprint density at radius 1 is 1.14 bits per heavy atom. The van der Waals surface area contributed by atoms with Gasteiger partial charge in [0.2, 0.25) is 0 Å². The fourth-order valence-corrected chi connectivity index (χ4v) is 2.85. The Labute approximate surface area is 170 Å². The van der Waals surface area contributed by atoms with Crippen LogP contribution in [0.2, 0.25) is 0 Å². The van der Waals surface area contributed by atoms with E-state index in [9.17, 15) is 22.8 Å². The zero-order chi connectivity index (χ0) is 21.2. The lowest BCUT2D eigenvalue weighted by molar-refractivity contribution is -0.139. The molecule has 0 saturated carbocycles. The van der Waals surface area contributed by atoms with Crippen molar-refractivity contribution < 1.29 is 32.6 Å². The van der Waals surface area contributed by atoms with Gasteiger partial charge >= 0.3 is 12.1 Å². The molecule has 1 aromatic heterocycles. The van der Waals surface area contributed by atoms with Crippen molar-refractivity contribution in [3.63, 3.8) is 0 Å². The number of halogens is 4. The lowest BCUT2D eigenvalue weighted by atomic mass is 10.1. The zero-order valence-corrected chi connectivity index (χ0v) is 16.1. The maximum atomic E-state index is 12.8. The molecule has 0 spiro atoms. The molecular formula is C19H12BrF3N2O4. The molecule has 1 heterocycles. The van der Waals surface area contributed by atoms with Crippen LogP contribution in [0.3, 0.4) is 0 Å². The molecule has 0 saturated heterocycles. The van der Waals surface area contributed by atoms with Crippen LogP contribution in [0.15, 0.2) is 59.3 Å². The van der Waals surface area contributed by atoms with E-state index in [1.165, 1.54) is 41.3 Å². The van der Waals surface area contributed by atoms with Crippen LogP contribution in [0.5, 0.6) is 5.75 Å². The first-order valence-electron chi connectivity index (χ1n) is 8.06. The summed E-state index contributed by atoms with van der Waals surface area (Å²) in [6.07, 6.45) is -1.81. The summed E-state index contributed by atoms with van der Waals surface area (Å²) in [7, 11) is 0. The molecule has 10 heteroatoms. The molecule has 0 fully saturated rings. The summed E-state index contributed by atoms with van der Waals surface area (Å²) in [6.45, 7) is -0.618. The topological polar surface area (TPSA) is 81.4 Å². The number of ketones is 1. The highest BCUT2D eigenvalue weighted by Crippen LogP contribution is 2.30. The van der Waals surface area contributed by atoms with E-state index in [0.717, 1.165) is 12.1 Å². The normalized spacial score (nSPS) is 11.3. The van der Waals surface area contributed by atoms with Gasteiger partial charge in [-0.25, -0.2) is 9.48 Å². The summed E-state index contributed by atoms with van der Waals surface area (Å²) in [5, 5.41) is 12.8. The second-order valence-corrected chi connectivity index (χ2v) is 6.79. The van der Waals surface area contributed by atoms with Crippen molar-refractivity contribution in [3.8, 4) is 11.4 Å². The predicted molar refractivity (Wildman–Crippen MR) is 99.3 cm³/mol. The number of hydrogen-bond donors (Lipinski definition) is 1. The third kappa shape index (κ3) is 4.83. The lowest BCUT2D eigenvalue weighted by Gasteiger charge is -2.09. The minimum absolute atomic E-state index is 0.0860. The number of aromatic nitrogens is 2. The second-order valence-electron chi connectivity index (χ2n) is 5.87. The summed E-state index contributed by atoms with van der Waals surface area (Å²) in [6, 6.07) is 8.86. The molecule has 150 valence electrons. The number of carboxylic acids is 1. The molecule has 2 aromatic carbocycles. The van der Waals surface area contributed by atoms with Crippen molar-refractivity contribution in [2.75, 3.05) is 6.61 Å². The lowest BCUT2D eigenvalue weighted by Crippen LogP contribution is -2.12. The molecule has 29 heavy (non-hydrogen) atoms. The molecule has 0 aliphatic heterocycles. The number of ether oxygens (including phenoxy) is 1. The molecule has 0 unspecified atom stereocenters. The highest BCUT2D eigenvalue weighted by atomic mass is 79.9. The third-order valence-electron chi connectivity index (χ3n) is 3.84. The van der Waals surface area contributed by atoms with Crippen molar-refractivity contribution in [1.82, 2.24) is 9.78 Å². The van der Waals surface area contributed by atoms with E-state index in [-0.39, 0.29) is 16.9 Å². The van der Waals surface area contributed by atoms with Crippen molar-refractivity contribution >= 4 is 27.7 Å². The van der Waals surface area contributed by atoms with E-state index in [1.807, 2.05) is 0 Å². The second kappa shape index (κ2) is 8.08. The van der Waals surface area contributed by atoms with Gasteiger partial charge in [0, 0.05) is 10.7 Å². The van der Waals surface area contributed by atoms with Gasteiger partial charge in [-0.15, -0.1) is 0 Å². The maximum Gasteiger partial charge on any atom is 0.416 e. The van der Waals surface area contributed by atoms with Gasteiger partial charge in [0.05, 0.1) is 28.6 Å². The Hall–Kier alpha value is -3.14. The fraction of sp³-hybridized carbons (Fsp3) is 0.105. The minimum Gasteiger partial charge on any atom is -0.481 e. The number of carboxylic acid groups (broad SMARTS) is 1. The minimum atomic E-state index is -4.45. The molecule has 3 rings (SSSR count). The average Bonchev–Trinajstić information content (AvgIpc) is 3.16. The van der Waals surface area contributed by atoms with Crippen LogP contribution in [0.4, 0.5) is 13.2 Å². The molecule has 0 aliphatic carbocycles. The van der Waals surface area contributed by atoms with Crippen molar-refractivity contribution in [2.24, 2.45) is 0 Å². The Bertz CT molecular complexity index is 1060. The molecule has 0 aliphatic rings. The molecule has 3 aromatic rings. The molecule has 0 atom stereocenters. The van der Waals surface area contributed by atoms with Gasteiger partial charge in [0.25, 0.3) is 0 Å². The number of nitrogens with zero attached hydrogens (tertiary/aromatic N) is 2. The Morgan fingerprint density at radius 3 is 2.45 bits per heavy atom. The summed E-state index contributed by atoms with van der Waals surface area (Å²) in [4.78, 5) is 23.6. The van der Waals surface area contributed by atoms with E-state index in [4.69, 9.17) is 9.84 Å². The Morgan fingerprint density at radius 2 is 1.83 bits per heavy atom.